The molecule has 1 aliphatic rings. The zero-order chi connectivity index (χ0) is 14.8. The molecule has 5 heteroatoms. The second kappa shape index (κ2) is 5.55. The minimum atomic E-state index is -0.581. The van der Waals surface area contributed by atoms with Crippen LogP contribution in [0.15, 0.2) is 16.3 Å². The van der Waals surface area contributed by atoms with Crippen molar-refractivity contribution in [2.75, 3.05) is 0 Å². The summed E-state index contributed by atoms with van der Waals surface area (Å²) in [7, 11) is 0. The molecular weight excluding hydrogens is 246 g/mol. The normalized spacial score (nSPS) is 20.7. The maximum Gasteiger partial charge on any atom is 0.331 e. The van der Waals surface area contributed by atoms with E-state index in [4.69, 9.17) is 4.74 Å². The maximum atomic E-state index is 11.9. The van der Waals surface area contributed by atoms with Gasteiger partial charge in [-0.05, 0) is 47.5 Å². The number of hydrogen-bond donors (Lipinski definition) is 1. The van der Waals surface area contributed by atoms with E-state index in [0.717, 1.165) is 0 Å². The Morgan fingerprint density at radius 3 is 2.32 bits per heavy atom. The van der Waals surface area contributed by atoms with Crippen LogP contribution in [0.25, 0.3) is 0 Å². The number of aliphatic hydroxyl groups is 1. The third-order valence-electron chi connectivity index (χ3n) is 2.65. The molecule has 0 unspecified atom stereocenters. The first kappa shape index (κ1) is 15.4. The third kappa shape index (κ3) is 4.19. The summed E-state index contributed by atoms with van der Waals surface area (Å²) in [4.78, 5) is 27.6. The van der Waals surface area contributed by atoms with Gasteiger partial charge in [0, 0.05) is 0 Å². The van der Waals surface area contributed by atoms with Crippen LogP contribution in [0.3, 0.4) is 0 Å². The molecule has 1 atom stereocenters. The lowest BCUT2D eigenvalue weighted by molar-refractivity contribution is -0.156. The van der Waals surface area contributed by atoms with Crippen LogP contribution in [0.5, 0.6) is 0 Å². The lowest BCUT2D eigenvalue weighted by Crippen LogP contribution is -2.29. The summed E-state index contributed by atoms with van der Waals surface area (Å²) in [6.07, 6.45) is 1.00. The summed E-state index contributed by atoms with van der Waals surface area (Å²) < 4.78 is 5.26. The average Bonchev–Trinajstić information content (AvgIpc) is 2.62. The van der Waals surface area contributed by atoms with E-state index in [1.807, 2.05) is 0 Å². The molecule has 1 N–H and O–H groups in total. The number of ether oxygens (including phenoxy) is 1. The highest BCUT2D eigenvalue weighted by molar-refractivity contribution is 6.22. The summed E-state index contributed by atoms with van der Waals surface area (Å²) in [5, 5.41) is 9.52. The molecule has 0 spiro atoms. The number of rotatable bonds is 3. The summed E-state index contributed by atoms with van der Waals surface area (Å²) >= 11 is 0. The molecule has 0 saturated carbocycles. The third-order valence-corrected chi connectivity index (χ3v) is 2.65. The van der Waals surface area contributed by atoms with E-state index < -0.39 is 11.6 Å². The van der Waals surface area contributed by atoms with Crippen molar-refractivity contribution in [2.45, 2.75) is 59.1 Å². The first-order chi connectivity index (χ1) is 8.61. The van der Waals surface area contributed by atoms with E-state index in [1.165, 1.54) is 13.8 Å². The van der Waals surface area contributed by atoms with Gasteiger partial charge in [-0.1, -0.05) is 0 Å². The molecule has 0 aromatic heterocycles. The van der Waals surface area contributed by atoms with E-state index in [-0.39, 0.29) is 23.1 Å². The Hall–Kier alpha value is -1.65. The number of hydrogen-bond acceptors (Lipinski definition) is 5. The fourth-order valence-electron chi connectivity index (χ4n) is 1.99. The van der Waals surface area contributed by atoms with Crippen molar-refractivity contribution in [3.8, 4) is 0 Å². The predicted molar refractivity (Wildman–Crippen MR) is 72.3 cm³/mol. The Bertz CT molecular complexity index is 451. The fraction of sp³-hybridized carbons (Fsp3) is 0.643. The topological polar surface area (TPSA) is 76.0 Å². The van der Waals surface area contributed by atoms with Crippen molar-refractivity contribution in [3.63, 3.8) is 0 Å². The van der Waals surface area contributed by atoms with Gasteiger partial charge in [-0.15, -0.1) is 0 Å². The molecule has 0 fully saturated rings. The molecule has 0 amide bonds. The monoisotopic (exact) mass is 267 g/mol. The number of nitrogens with zero attached hydrogens (tertiary/aromatic N) is 1. The van der Waals surface area contributed by atoms with Crippen LogP contribution in [0.4, 0.5) is 0 Å². The molecule has 1 heterocycles. The number of aliphatic imine (C=N–C) groups is 1. The highest BCUT2D eigenvalue weighted by Crippen LogP contribution is 2.23. The van der Waals surface area contributed by atoms with E-state index in [9.17, 15) is 14.7 Å². The Morgan fingerprint density at radius 2 is 1.89 bits per heavy atom. The van der Waals surface area contributed by atoms with Crippen LogP contribution >= 0.6 is 0 Å². The number of ketones is 1. The lowest BCUT2D eigenvalue weighted by atomic mass is 10.0. The quantitative estimate of drug-likeness (QED) is 0.484. The van der Waals surface area contributed by atoms with Crippen LogP contribution in [-0.2, 0) is 14.3 Å². The van der Waals surface area contributed by atoms with Crippen LogP contribution < -0.4 is 0 Å². The van der Waals surface area contributed by atoms with E-state index >= 15 is 0 Å². The minimum Gasteiger partial charge on any atom is -0.512 e. The van der Waals surface area contributed by atoms with Crippen LogP contribution in [0.2, 0.25) is 0 Å². The van der Waals surface area contributed by atoms with Crippen molar-refractivity contribution >= 4 is 17.5 Å². The van der Waals surface area contributed by atoms with E-state index in [0.29, 0.717) is 18.6 Å². The second-order valence-corrected chi connectivity index (χ2v) is 5.68. The molecule has 0 aromatic rings. The zero-order valence-corrected chi connectivity index (χ0v) is 12.1. The van der Waals surface area contributed by atoms with Crippen LogP contribution in [0, 0.1) is 0 Å². The molecule has 1 aliphatic heterocycles. The molecule has 0 radical (unpaired) electrons. The zero-order valence-electron chi connectivity index (χ0n) is 12.1. The lowest BCUT2D eigenvalue weighted by Gasteiger charge is -2.20. The first-order valence-corrected chi connectivity index (χ1v) is 6.32. The number of carbonyl (C=O) groups excluding carboxylic acids is 2. The smallest absolute Gasteiger partial charge is 0.331 e. The number of aliphatic hydroxyl groups excluding tert-OH is 1. The van der Waals surface area contributed by atoms with Gasteiger partial charge < -0.3 is 9.84 Å². The van der Waals surface area contributed by atoms with Gasteiger partial charge in [0.05, 0.1) is 11.3 Å². The molecular formula is C14H21NO4. The van der Waals surface area contributed by atoms with Gasteiger partial charge in [0.15, 0.2) is 5.78 Å². The first-order valence-electron chi connectivity index (χ1n) is 6.32. The van der Waals surface area contributed by atoms with Gasteiger partial charge in [0.2, 0.25) is 0 Å². The minimum absolute atomic E-state index is 0.0592. The van der Waals surface area contributed by atoms with Crippen molar-refractivity contribution in [3.05, 3.63) is 11.3 Å². The summed E-state index contributed by atoms with van der Waals surface area (Å²) in [6.45, 7) is 8.20. The largest absolute Gasteiger partial charge is 0.512 e. The molecule has 19 heavy (non-hydrogen) atoms. The second-order valence-electron chi connectivity index (χ2n) is 5.68. The van der Waals surface area contributed by atoms with Crippen LogP contribution in [-0.4, -0.2) is 34.2 Å². The SMILES string of the molecule is CC(=O)C(C1=N[C@H](C(=O)OC(C)(C)C)CC1)=C(C)O. The number of allylic oxidation sites excluding steroid dienone is 2. The summed E-state index contributed by atoms with van der Waals surface area (Å²) in [5.41, 5.74) is 0.149. The number of carbonyl (C=O) groups is 2. The maximum absolute atomic E-state index is 11.9. The van der Waals surface area contributed by atoms with Gasteiger partial charge in [-0.25, -0.2) is 4.79 Å². The highest BCUT2D eigenvalue weighted by Gasteiger charge is 2.31. The molecule has 0 bridgehead atoms. The van der Waals surface area contributed by atoms with Crippen molar-refractivity contribution in [1.29, 1.82) is 0 Å². The Balaban J connectivity index is 2.88. The fourth-order valence-corrected chi connectivity index (χ4v) is 1.99. The summed E-state index contributed by atoms with van der Waals surface area (Å²) in [6, 6.07) is -0.581. The predicted octanol–water partition coefficient (Wildman–Crippen LogP) is 2.35. The molecule has 0 aromatic carbocycles. The molecule has 1 rings (SSSR count). The highest BCUT2D eigenvalue weighted by atomic mass is 16.6. The molecule has 0 saturated heterocycles. The number of Topliss-reactive ketones (excluding diaryl/α,β-unsaturated/α-hetero) is 1. The van der Waals surface area contributed by atoms with Gasteiger partial charge >= 0.3 is 5.97 Å². The van der Waals surface area contributed by atoms with Gasteiger partial charge in [0.25, 0.3) is 0 Å². The standard InChI is InChI=1S/C14H21NO4/c1-8(16)12(9(2)17)10-6-7-11(15-10)13(18)19-14(3,4)5/h11,16H,6-7H2,1-5H3/t11-/m0/s1. The van der Waals surface area contributed by atoms with Crippen molar-refractivity contribution in [1.82, 2.24) is 0 Å². The Kier molecular flexibility index (Phi) is 4.50. The Morgan fingerprint density at radius 1 is 1.32 bits per heavy atom. The summed E-state index contributed by atoms with van der Waals surface area (Å²) in [5.74, 6) is -0.694. The van der Waals surface area contributed by atoms with Gasteiger partial charge in [0.1, 0.15) is 17.4 Å². The molecule has 5 nitrogen and oxygen atoms in total. The van der Waals surface area contributed by atoms with E-state index in [1.54, 1.807) is 20.8 Å². The average molecular weight is 267 g/mol. The van der Waals surface area contributed by atoms with Crippen molar-refractivity contribution in [2.24, 2.45) is 4.99 Å². The van der Waals surface area contributed by atoms with Crippen LogP contribution in [0.1, 0.15) is 47.5 Å². The van der Waals surface area contributed by atoms with Crippen molar-refractivity contribution < 1.29 is 19.4 Å². The molecule has 0 aliphatic carbocycles. The van der Waals surface area contributed by atoms with E-state index in [2.05, 4.69) is 4.99 Å². The molecule has 106 valence electrons. The van der Waals surface area contributed by atoms with Gasteiger partial charge in [-0.3, -0.25) is 9.79 Å². The van der Waals surface area contributed by atoms with Gasteiger partial charge in [-0.2, -0.15) is 0 Å². The number of esters is 1. The Labute approximate surface area is 113 Å².